The van der Waals surface area contributed by atoms with E-state index in [1.165, 1.54) is 48.3 Å². The van der Waals surface area contributed by atoms with Crippen LogP contribution in [0.15, 0.2) is 59.7 Å². The van der Waals surface area contributed by atoms with E-state index < -0.39 is 29.9 Å². The summed E-state index contributed by atoms with van der Waals surface area (Å²) < 4.78 is 47.4. The number of rotatable bonds is 4. The number of carboxylic acid groups (broad SMARTS) is 1. The lowest BCUT2D eigenvalue weighted by atomic mass is 10.0. The molecule has 180 valence electrons. The summed E-state index contributed by atoms with van der Waals surface area (Å²) in [7, 11) is 1.54. The summed E-state index contributed by atoms with van der Waals surface area (Å²) in [6.07, 6.45) is -2.25. The highest BCUT2D eigenvalue weighted by molar-refractivity contribution is 6.42. The molecule has 1 amide bonds. The number of halogens is 6. The molecule has 0 aliphatic heterocycles. The molecule has 0 spiro atoms. The van der Waals surface area contributed by atoms with Crippen molar-refractivity contribution in [2.75, 3.05) is 0 Å². The monoisotopic (exact) mass is 519 g/mol. The maximum Gasteiger partial charge on any atom is 0.490 e. The summed E-state index contributed by atoms with van der Waals surface area (Å²) in [5.74, 6) is -3.83. The maximum absolute atomic E-state index is 14.4. The number of nitrogens with zero attached hydrogens (tertiary/aromatic N) is 2. The van der Waals surface area contributed by atoms with Gasteiger partial charge in [0.2, 0.25) is 5.56 Å². The van der Waals surface area contributed by atoms with E-state index in [4.69, 9.17) is 33.1 Å². The Morgan fingerprint density at radius 2 is 1.76 bits per heavy atom. The van der Waals surface area contributed by atoms with Crippen molar-refractivity contribution in [3.8, 4) is 0 Å². The number of pyridine rings is 2. The van der Waals surface area contributed by atoms with Crippen molar-refractivity contribution in [2.45, 2.75) is 12.2 Å². The van der Waals surface area contributed by atoms with Crippen LogP contribution in [0, 0.1) is 5.82 Å². The van der Waals surface area contributed by atoms with Crippen molar-refractivity contribution >= 4 is 35.1 Å². The summed E-state index contributed by atoms with van der Waals surface area (Å²) in [6, 6.07) is 9.24. The Bertz CT molecular complexity index is 1270. The molecule has 2 aromatic heterocycles. The zero-order chi connectivity index (χ0) is 25.6. The number of benzene rings is 1. The number of carbonyl (C=O) groups is 2. The fourth-order valence-electron chi connectivity index (χ4n) is 2.55. The molecule has 13 heteroatoms. The van der Waals surface area contributed by atoms with E-state index in [9.17, 15) is 27.2 Å². The molecule has 3 rings (SSSR count). The van der Waals surface area contributed by atoms with E-state index >= 15 is 0 Å². The number of carbonyl (C=O) groups excluding carboxylic acids is 1. The molecule has 34 heavy (non-hydrogen) atoms. The lowest BCUT2D eigenvalue weighted by Crippen LogP contribution is -2.31. The van der Waals surface area contributed by atoms with Crippen LogP contribution in [0.4, 0.5) is 17.6 Å². The van der Waals surface area contributed by atoms with Crippen molar-refractivity contribution in [1.29, 1.82) is 0 Å². The van der Waals surface area contributed by atoms with Crippen LogP contribution in [0.2, 0.25) is 10.0 Å². The third kappa shape index (κ3) is 7.03. The van der Waals surface area contributed by atoms with Gasteiger partial charge in [-0.3, -0.25) is 14.6 Å². The van der Waals surface area contributed by atoms with E-state index in [1.807, 2.05) is 0 Å². The first-order valence-corrected chi connectivity index (χ1v) is 9.90. The Balaban J connectivity index is 0.000000509. The quantitative estimate of drug-likeness (QED) is 0.498. The van der Waals surface area contributed by atoms with Crippen molar-refractivity contribution in [3.05, 3.63) is 97.9 Å². The molecule has 2 N–H and O–H groups in total. The van der Waals surface area contributed by atoms with Crippen LogP contribution in [0.25, 0.3) is 0 Å². The Morgan fingerprint density at radius 1 is 1.12 bits per heavy atom. The lowest BCUT2D eigenvalue weighted by Gasteiger charge is -2.20. The van der Waals surface area contributed by atoms with E-state index in [2.05, 4.69) is 10.3 Å². The topological polar surface area (TPSA) is 101 Å². The molecule has 2 heterocycles. The van der Waals surface area contributed by atoms with Gasteiger partial charge >= 0.3 is 12.1 Å². The molecule has 0 aliphatic carbocycles. The third-order valence-electron chi connectivity index (χ3n) is 4.20. The predicted octanol–water partition coefficient (Wildman–Crippen LogP) is 4.38. The highest BCUT2D eigenvalue weighted by Gasteiger charge is 2.38. The van der Waals surface area contributed by atoms with Gasteiger partial charge in [-0.05, 0) is 35.9 Å². The van der Waals surface area contributed by atoms with Gasteiger partial charge in [-0.25, -0.2) is 9.18 Å². The molecule has 0 fully saturated rings. The van der Waals surface area contributed by atoms with Gasteiger partial charge in [0.15, 0.2) is 0 Å². The summed E-state index contributed by atoms with van der Waals surface area (Å²) in [5.41, 5.74) is 0.552. The van der Waals surface area contributed by atoms with E-state index in [1.54, 1.807) is 18.2 Å². The Hall–Kier alpha value is -3.44. The fourth-order valence-corrected chi connectivity index (χ4v) is 2.86. The molecule has 0 saturated carbocycles. The minimum absolute atomic E-state index is 0.0362. The normalized spacial score (nSPS) is 11.7. The maximum atomic E-state index is 14.4. The minimum Gasteiger partial charge on any atom is -0.475 e. The second-order valence-electron chi connectivity index (χ2n) is 6.62. The first kappa shape index (κ1) is 26.8. The van der Waals surface area contributed by atoms with Crippen molar-refractivity contribution in [2.24, 2.45) is 7.05 Å². The van der Waals surface area contributed by atoms with Crippen LogP contribution in [-0.4, -0.2) is 32.7 Å². The highest BCUT2D eigenvalue weighted by atomic mass is 35.5. The van der Waals surface area contributed by atoms with Crippen LogP contribution in [0.5, 0.6) is 0 Å². The average Bonchev–Trinajstić information content (AvgIpc) is 2.76. The molecule has 0 aliphatic rings. The number of hydrogen-bond acceptors (Lipinski definition) is 4. The molecule has 3 aromatic rings. The Kier molecular flexibility index (Phi) is 8.77. The van der Waals surface area contributed by atoms with Crippen LogP contribution in [-0.2, 0) is 11.8 Å². The largest absolute Gasteiger partial charge is 0.490 e. The standard InChI is InChI=1S/C19H14Cl2FN3O2.C2HF3O2/c1-25-10-12(5-7-16(25)26)19(27)24-17(18-15(22)3-2-8-23-18)11-4-6-13(20)14(21)9-11;3-2(4,5)1(6)7/h2-10,17H,1H3,(H,24,27);(H,6,7)/t17-;/m0./s1. The zero-order valence-corrected chi connectivity index (χ0v) is 18.6. The average molecular weight is 520 g/mol. The van der Waals surface area contributed by atoms with Gasteiger partial charge in [-0.2, -0.15) is 13.2 Å². The van der Waals surface area contributed by atoms with Crippen molar-refractivity contribution < 1.29 is 32.3 Å². The van der Waals surface area contributed by atoms with Gasteiger partial charge in [-0.1, -0.05) is 29.3 Å². The SMILES string of the molecule is Cn1cc(C(=O)N[C@@H](c2ccc(Cl)c(Cl)c2)c2ncccc2F)ccc1=O.O=C(O)C(F)(F)F. The number of carboxylic acids is 1. The molecule has 0 saturated heterocycles. The number of alkyl halides is 3. The first-order valence-electron chi connectivity index (χ1n) is 9.14. The molecule has 0 unspecified atom stereocenters. The van der Waals surface area contributed by atoms with Crippen LogP contribution in [0.3, 0.4) is 0 Å². The van der Waals surface area contributed by atoms with Crippen molar-refractivity contribution in [1.82, 2.24) is 14.9 Å². The molecular formula is C21H15Cl2F4N3O4. The Labute approximate surface area is 199 Å². The smallest absolute Gasteiger partial charge is 0.475 e. The number of aryl methyl sites for hydroxylation is 1. The van der Waals surface area contributed by atoms with Crippen LogP contribution >= 0.6 is 23.2 Å². The fraction of sp³-hybridized carbons (Fsp3) is 0.143. The number of aromatic nitrogens is 2. The van der Waals surface area contributed by atoms with Gasteiger partial charge in [0.1, 0.15) is 11.5 Å². The number of aliphatic carboxylic acids is 1. The summed E-state index contributed by atoms with van der Waals surface area (Å²) in [5, 5.41) is 10.5. The highest BCUT2D eigenvalue weighted by Crippen LogP contribution is 2.29. The summed E-state index contributed by atoms with van der Waals surface area (Å²) >= 11 is 12.0. The second-order valence-corrected chi connectivity index (χ2v) is 7.43. The molecular weight excluding hydrogens is 505 g/mol. The van der Waals surface area contributed by atoms with E-state index in [0.29, 0.717) is 10.6 Å². The van der Waals surface area contributed by atoms with Gasteiger partial charge in [-0.15, -0.1) is 0 Å². The van der Waals surface area contributed by atoms with E-state index in [0.717, 1.165) is 0 Å². The van der Waals surface area contributed by atoms with Gasteiger partial charge in [0, 0.05) is 25.5 Å². The van der Waals surface area contributed by atoms with Gasteiger partial charge in [0.25, 0.3) is 5.91 Å². The van der Waals surface area contributed by atoms with Crippen LogP contribution < -0.4 is 10.9 Å². The van der Waals surface area contributed by atoms with Gasteiger partial charge in [0.05, 0.1) is 21.7 Å². The predicted molar refractivity (Wildman–Crippen MR) is 115 cm³/mol. The number of hydrogen-bond donors (Lipinski definition) is 2. The number of nitrogens with one attached hydrogen (secondary N) is 1. The zero-order valence-electron chi connectivity index (χ0n) is 17.1. The summed E-state index contributed by atoms with van der Waals surface area (Å²) in [6.45, 7) is 0. The second kappa shape index (κ2) is 11.1. The third-order valence-corrected chi connectivity index (χ3v) is 4.94. The van der Waals surface area contributed by atoms with Crippen LogP contribution in [0.1, 0.15) is 27.7 Å². The van der Waals surface area contributed by atoms with Gasteiger partial charge < -0.3 is 15.0 Å². The molecule has 0 radical (unpaired) electrons. The van der Waals surface area contributed by atoms with Crippen molar-refractivity contribution in [3.63, 3.8) is 0 Å². The number of amides is 1. The lowest BCUT2D eigenvalue weighted by molar-refractivity contribution is -0.192. The first-order chi connectivity index (χ1) is 15.8. The molecule has 1 atom stereocenters. The Morgan fingerprint density at radius 3 is 2.29 bits per heavy atom. The molecule has 1 aromatic carbocycles. The molecule has 0 bridgehead atoms. The minimum atomic E-state index is -5.08. The van der Waals surface area contributed by atoms with E-state index in [-0.39, 0.29) is 21.8 Å². The molecule has 7 nitrogen and oxygen atoms in total. The summed E-state index contributed by atoms with van der Waals surface area (Å²) in [4.78, 5) is 37.2.